The number of aromatic nitrogens is 1. The Balaban J connectivity index is 3.63. The molecule has 2 atom stereocenters. The highest BCUT2D eigenvalue weighted by molar-refractivity contribution is 9.10. The van der Waals surface area contributed by atoms with Crippen molar-refractivity contribution in [2.24, 2.45) is 5.10 Å². The minimum atomic E-state index is -4.91. The van der Waals surface area contributed by atoms with Crippen LogP contribution in [0, 0.1) is 5.95 Å². The summed E-state index contributed by atoms with van der Waals surface area (Å²) in [5, 5.41) is 4.30. The third kappa shape index (κ3) is 6.53. The van der Waals surface area contributed by atoms with Crippen LogP contribution in [0.3, 0.4) is 0 Å². The molecule has 5 nitrogen and oxygen atoms in total. The number of hydrogen-bond acceptors (Lipinski definition) is 5. The van der Waals surface area contributed by atoms with Crippen molar-refractivity contribution in [2.75, 3.05) is 20.8 Å². The zero-order valence-electron chi connectivity index (χ0n) is 16.0. The molecule has 1 unspecified atom stereocenters. The molecule has 1 heterocycles. The van der Waals surface area contributed by atoms with Crippen LogP contribution in [0.1, 0.15) is 32.8 Å². The highest BCUT2D eigenvalue weighted by atomic mass is 79.9. The molecule has 0 aromatic carbocycles. The molecule has 12 heteroatoms. The van der Waals surface area contributed by atoms with E-state index in [0.717, 1.165) is 17.3 Å². The lowest BCUT2D eigenvalue weighted by atomic mass is 9.87. The summed E-state index contributed by atoms with van der Waals surface area (Å²) in [5.74, 6) is -1.18. The maximum Gasteiger partial charge on any atom is 0.431 e. The van der Waals surface area contributed by atoms with E-state index in [1.54, 1.807) is 20.8 Å². The van der Waals surface area contributed by atoms with Crippen LogP contribution in [0.2, 0.25) is 0 Å². The first kappa shape index (κ1) is 25.1. The Morgan fingerprint density at radius 2 is 1.89 bits per heavy atom. The predicted molar refractivity (Wildman–Crippen MR) is 102 cm³/mol. The maximum absolute atomic E-state index is 14.4. The highest BCUT2D eigenvalue weighted by Gasteiger charge is 2.49. The molecule has 0 amide bonds. The van der Waals surface area contributed by atoms with Gasteiger partial charge in [-0.3, -0.25) is 0 Å². The first-order valence-electron chi connectivity index (χ1n) is 8.01. The van der Waals surface area contributed by atoms with Crippen molar-refractivity contribution in [3.8, 4) is 0 Å². The molecule has 1 aromatic rings. The van der Waals surface area contributed by atoms with Crippen LogP contribution in [0.5, 0.6) is 0 Å². The molecular weight excluding hydrogens is 471 g/mol. The van der Waals surface area contributed by atoms with Crippen molar-refractivity contribution >= 4 is 33.0 Å². The van der Waals surface area contributed by atoms with Gasteiger partial charge in [-0.1, -0.05) is 0 Å². The molecule has 160 valence electrons. The molecule has 0 aliphatic carbocycles. The SMILES string of the molecule is CN(C)/N=C(/CC(CF)(N[S@+]([O-])C(C)(C)C)c1cc(Br)cnc1F)C(F)(F)F. The van der Waals surface area contributed by atoms with Gasteiger partial charge in [0, 0.05) is 48.1 Å². The minimum Gasteiger partial charge on any atom is -0.598 e. The molecule has 0 radical (unpaired) electrons. The van der Waals surface area contributed by atoms with E-state index >= 15 is 0 Å². The first-order valence-corrected chi connectivity index (χ1v) is 9.96. The average molecular weight is 493 g/mol. The van der Waals surface area contributed by atoms with Crippen molar-refractivity contribution in [3.05, 3.63) is 28.2 Å². The third-order valence-corrected chi connectivity index (χ3v) is 5.63. The number of hydrogen-bond donors (Lipinski definition) is 1. The monoisotopic (exact) mass is 492 g/mol. The van der Waals surface area contributed by atoms with Gasteiger partial charge in [0.15, 0.2) is 0 Å². The lowest BCUT2D eigenvalue weighted by Gasteiger charge is -2.36. The van der Waals surface area contributed by atoms with Gasteiger partial charge in [-0.05, 0) is 42.8 Å². The molecule has 0 spiro atoms. The van der Waals surface area contributed by atoms with Crippen LogP contribution in [0.15, 0.2) is 21.8 Å². The summed E-state index contributed by atoms with van der Waals surface area (Å²) in [6.45, 7) is 3.17. The Bertz CT molecular complexity index is 711. The zero-order chi connectivity index (χ0) is 21.9. The largest absolute Gasteiger partial charge is 0.598 e. The smallest absolute Gasteiger partial charge is 0.431 e. The molecule has 0 bridgehead atoms. The number of rotatable bonds is 7. The van der Waals surface area contributed by atoms with Crippen molar-refractivity contribution in [3.63, 3.8) is 0 Å². The van der Waals surface area contributed by atoms with Gasteiger partial charge in [0.05, 0.1) is 0 Å². The van der Waals surface area contributed by atoms with Crippen LogP contribution < -0.4 is 4.72 Å². The van der Waals surface area contributed by atoms with Gasteiger partial charge in [-0.25, -0.2) is 9.37 Å². The fraction of sp³-hybridized carbons (Fsp3) is 0.625. The van der Waals surface area contributed by atoms with E-state index in [-0.39, 0.29) is 4.47 Å². The van der Waals surface area contributed by atoms with E-state index in [0.29, 0.717) is 0 Å². The third-order valence-electron chi connectivity index (χ3n) is 3.51. The van der Waals surface area contributed by atoms with Gasteiger partial charge in [0.1, 0.15) is 22.7 Å². The Labute approximate surface area is 172 Å². The fourth-order valence-electron chi connectivity index (χ4n) is 2.14. The molecule has 28 heavy (non-hydrogen) atoms. The summed E-state index contributed by atoms with van der Waals surface area (Å²) in [6, 6.07) is 1.11. The number of pyridine rings is 1. The Morgan fingerprint density at radius 3 is 2.32 bits per heavy atom. The predicted octanol–water partition coefficient (Wildman–Crippen LogP) is 4.07. The number of nitrogens with one attached hydrogen (secondary N) is 1. The van der Waals surface area contributed by atoms with E-state index in [2.05, 4.69) is 30.7 Å². The van der Waals surface area contributed by atoms with Crippen molar-refractivity contribution < 1.29 is 26.5 Å². The number of nitrogens with zero attached hydrogens (tertiary/aromatic N) is 3. The topological polar surface area (TPSA) is 63.6 Å². The van der Waals surface area contributed by atoms with E-state index in [4.69, 9.17) is 0 Å². The number of halogens is 6. The Hall–Kier alpha value is -0.980. The lowest BCUT2D eigenvalue weighted by molar-refractivity contribution is -0.0631. The molecule has 0 fully saturated rings. The number of hydrazone groups is 1. The van der Waals surface area contributed by atoms with E-state index < -0.39 is 58.1 Å². The van der Waals surface area contributed by atoms with Crippen LogP contribution in [0.25, 0.3) is 0 Å². The van der Waals surface area contributed by atoms with Gasteiger partial charge in [0.2, 0.25) is 5.95 Å². The van der Waals surface area contributed by atoms with E-state index in [1.807, 2.05) is 0 Å². The summed E-state index contributed by atoms with van der Waals surface area (Å²) in [5.41, 5.74) is -4.14. The normalized spacial score (nSPS) is 16.6. The molecule has 0 saturated heterocycles. The van der Waals surface area contributed by atoms with Crippen molar-refractivity contribution in [1.29, 1.82) is 0 Å². The van der Waals surface area contributed by atoms with Crippen molar-refractivity contribution in [1.82, 2.24) is 14.7 Å². The van der Waals surface area contributed by atoms with Crippen molar-refractivity contribution in [2.45, 2.75) is 43.7 Å². The van der Waals surface area contributed by atoms with Gasteiger partial charge in [0.25, 0.3) is 0 Å². The van der Waals surface area contributed by atoms with Crippen LogP contribution in [-0.2, 0) is 16.9 Å². The quantitative estimate of drug-likeness (QED) is 0.205. The summed E-state index contributed by atoms with van der Waals surface area (Å²) in [7, 11) is 2.54. The maximum atomic E-state index is 14.4. The van der Waals surface area contributed by atoms with E-state index in [9.17, 15) is 26.5 Å². The minimum absolute atomic E-state index is 0.225. The van der Waals surface area contributed by atoms with E-state index in [1.165, 1.54) is 14.1 Å². The molecule has 0 aliphatic rings. The fourth-order valence-corrected chi connectivity index (χ4v) is 3.37. The summed E-state index contributed by atoms with van der Waals surface area (Å²) in [4.78, 5) is 3.44. The van der Waals surface area contributed by atoms with Gasteiger partial charge in [-0.15, -0.1) is 4.72 Å². The van der Waals surface area contributed by atoms with Crippen LogP contribution in [-0.4, -0.2) is 52.0 Å². The van der Waals surface area contributed by atoms with Gasteiger partial charge < -0.3 is 9.56 Å². The summed E-state index contributed by atoms with van der Waals surface area (Å²) in [6.07, 6.45) is -4.92. The standard InChI is InChI=1S/C16H22BrF5N4OS/c1-14(2,3)28(27)25-15(9-18,11-6-10(17)8-23-13(11)19)7-12(16(20,21)22)24-26(4)5/h6,8,25H,7,9H2,1-5H3/b24-12-/t15?,28-/m1/s1. The summed E-state index contributed by atoms with van der Waals surface area (Å²) >= 11 is 1.04. The lowest BCUT2D eigenvalue weighted by Crippen LogP contribution is -2.55. The molecule has 1 N–H and O–H groups in total. The van der Waals surface area contributed by atoms with Crippen LogP contribution in [0.4, 0.5) is 22.0 Å². The highest BCUT2D eigenvalue weighted by Crippen LogP contribution is 2.35. The Kier molecular flexibility index (Phi) is 8.26. The van der Waals surface area contributed by atoms with Crippen LogP contribution >= 0.6 is 15.9 Å². The molecule has 1 rings (SSSR count). The average Bonchev–Trinajstić information content (AvgIpc) is 2.53. The number of alkyl halides is 4. The molecular formula is C16H22BrF5N4OS. The molecule has 1 aromatic heterocycles. The van der Waals surface area contributed by atoms with Gasteiger partial charge in [-0.2, -0.15) is 22.7 Å². The Morgan fingerprint density at radius 1 is 1.32 bits per heavy atom. The summed E-state index contributed by atoms with van der Waals surface area (Å²) < 4.78 is 83.5. The second-order valence-corrected chi connectivity index (χ2v) is 10.1. The second kappa shape index (κ2) is 9.23. The molecule has 0 aliphatic heterocycles. The second-order valence-electron chi connectivity index (χ2n) is 7.26. The zero-order valence-corrected chi connectivity index (χ0v) is 18.4. The first-order chi connectivity index (χ1) is 12.6. The van der Waals surface area contributed by atoms with Gasteiger partial charge >= 0.3 is 6.18 Å². The molecule has 0 saturated carbocycles.